The summed E-state index contributed by atoms with van der Waals surface area (Å²) < 4.78 is 1.92. The van der Waals surface area contributed by atoms with Crippen LogP contribution in [0.25, 0.3) is 88.3 Å². The molecule has 4 unspecified atom stereocenters. The molecule has 0 fully saturated rings. The van der Waals surface area contributed by atoms with E-state index in [1.807, 2.05) is 103 Å². The van der Waals surface area contributed by atoms with Crippen LogP contribution in [0.2, 0.25) is 0 Å². The number of hydrogen-bond donors (Lipinski definition) is 2. The highest BCUT2D eigenvalue weighted by molar-refractivity contribution is 9.10. The van der Waals surface area contributed by atoms with Gasteiger partial charge in [-0.3, -0.25) is 0 Å². The minimum Gasteiger partial charge on any atom is -0.380 e. The molecule has 384 valence electrons. The van der Waals surface area contributed by atoms with Gasteiger partial charge in [-0.15, -0.1) is 0 Å². The quantitative estimate of drug-likeness (QED) is 0.149. The maximum Gasteiger partial charge on any atom is 0.123 e. The van der Waals surface area contributed by atoms with Gasteiger partial charge >= 0.3 is 0 Å². The molecule has 2 aliphatic carbocycles. The van der Waals surface area contributed by atoms with Crippen LogP contribution in [0.4, 0.5) is 0 Å². The summed E-state index contributed by atoms with van der Waals surface area (Å²) in [5.74, 6) is -0.868. The average molecular weight is 1160 g/mol. The molecule has 0 heterocycles. The van der Waals surface area contributed by atoms with Gasteiger partial charge in [0.2, 0.25) is 0 Å². The van der Waals surface area contributed by atoms with E-state index in [9.17, 15) is 10.2 Å². The highest BCUT2D eigenvalue weighted by Gasteiger charge is 2.59. The zero-order chi connectivity index (χ0) is 54.2. The van der Waals surface area contributed by atoms with Gasteiger partial charge in [0.05, 0.1) is 0 Å². The predicted molar refractivity (Wildman–Crippen MR) is 340 cm³/mol. The van der Waals surface area contributed by atoms with Crippen LogP contribution in [0.1, 0.15) is 22.3 Å². The summed E-state index contributed by atoms with van der Waals surface area (Å²) in [6.07, 6.45) is 8.11. The Labute approximate surface area is 484 Å². The number of benzene rings is 12. The lowest BCUT2D eigenvalue weighted by Crippen LogP contribution is -2.54. The molecule has 0 amide bonds. The van der Waals surface area contributed by atoms with Crippen molar-refractivity contribution < 1.29 is 10.2 Å². The molecule has 12 aromatic carbocycles. The third kappa shape index (κ3) is 8.90. The van der Waals surface area contributed by atoms with E-state index in [2.05, 4.69) is 232 Å². The van der Waals surface area contributed by atoms with Gasteiger partial charge in [-0.2, -0.15) is 0 Å². The summed E-state index contributed by atoms with van der Waals surface area (Å²) in [5.41, 5.74) is 14.2. The molecule has 2 N–H and O–H groups in total. The molecule has 2 aliphatic rings. The molecule has 0 saturated carbocycles. The zero-order valence-corrected chi connectivity index (χ0v) is 46.8. The van der Waals surface area contributed by atoms with Gasteiger partial charge in [0.15, 0.2) is 0 Å². The molecule has 2 nitrogen and oxygen atoms in total. The Morgan fingerprint density at radius 3 is 1.05 bits per heavy atom. The number of aliphatic hydroxyl groups is 2. The third-order valence-electron chi connectivity index (χ3n) is 16.3. The number of fused-ring (bicyclic) bond motifs is 4. The lowest BCUT2D eigenvalue weighted by atomic mass is 9.54. The maximum atomic E-state index is 13.2. The molecule has 12 aromatic rings. The second-order valence-corrected chi connectivity index (χ2v) is 22.5. The molecule has 14 rings (SSSR count). The van der Waals surface area contributed by atoms with Crippen molar-refractivity contribution >= 4 is 53.4 Å². The van der Waals surface area contributed by atoms with E-state index in [0.717, 1.165) is 42.3 Å². The Morgan fingerprint density at radius 2 is 0.588 bits per heavy atom. The molecular weight excluding hydrogens is 1100 g/mol. The molecule has 0 radical (unpaired) electrons. The van der Waals surface area contributed by atoms with E-state index >= 15 is 0 Å². The largest absolute Gasteiger partial charge is 0.380 e. The summed E-state index contributed by atoms with van der Waals surface area (Å²) >= 11 is 7.48. The fraction of sp³-hybridized carbons (Fsp3) is 0.0526. The van der Waals surface area contributed by atoms with E-state index in [-0.39, 0.29) is 0 Å². The van der Waals surface area contributed by atoms with Crippen molar-refractivity contribution in [3.05, 3.63) is 335 Å². The van der Waals surface area contributed by atoms with Crippen LogP contribution in [-0.4, -0.2) is 10.2 Å². The highest BCUT2D eigenvalue weighted by Crippen LogP contribution is 2.60. The first-order valence-electron chi connectivity index (χ1n) is 27.2. The summed E-state index contributed by atoms with van der Waals surface area (Å²) in [6, 6.07) is 97.1. The second kappa shape index (κ2) is 21.6. The molecule has 0 saturated heterocycles. The Morgan fingerprint density at radius 1 is 0.263 bits per heavy atom. The Bertz CT molecular complexity index is 4310. The Balaban J connectivity index is 0.000000151. The van der Waals surface area contributed by atoms with Gasteiger partial charge in [0, 0.05) is 20.8 Å². The van der Waals surface area contributed by atoms with E-state index in [0.29, 0.717) is 11.1 Å². The van der Waals surface area contributed by atoms with Crippen LogP contribution in [0.5, 0.6) is 0 Å². The first-order valence-corrected chi connectivity index (χ1v) is 28.7. The summed E-state index contributed by atoms with van der Waals surface area (Å²) in [7, 11) is 0. The molecule has 0 bridgehead atoms. The highest BCUT2D eigenvalue weighted by atomic mass is 79.9. The number of allylic oxidation sites excluding steroid dienone is 2. The minimum atomic E-state index is -1.41. The average Bonchev–Trinajstić information content (AvgIpc) is 3.53. The molecule has 0 spiro atoms. The van der Waals surface area contributed by atoms with Crippen LogP contribution in [0, 0.1) is 11.8 Å². The second-order valence-electron chi connectivity index (χ2n) is 20.7. The van der Waals surface area contributed by atoms with Gasteiger partial charge in [-0.25, -0.2) is 0 Å². The van der Waals surface area contributed by atoms with Crippen molar-refractivity contribution in [1.82, 2.24) is 0 Å². The van der Waals surface area contributed by atoms with Crippen LogP contribution < -0.4 is 0 Å². The fourth-order valence-corrected chi connectivity index (χ4v) is 13.5. The van der Waals surface area contributed by atoms with Crippen molar-refractivity contribution in [2.24, 2.45) is 11.8 Å². The third-order valence-corrected chi connectivity index (χ3v) is 17.3. The Kier molecular flexibility index (Phi) is 13.8. The normalized spacial score (nSPS) is 18.0. The van der Waals surface area contributed by atoms with E-state index < -0.39 is 23.0 Å². The number of rotatable bonds is 8. The zero-order valence-electron chi connectivity index (χ0n) is 43.7. The van der Waals surface area contributed by atoms with E-state index in [1.54, 1.807) is 0 Å². The smallest absolute Gasteiger partial charge is 0.123 e. The van der Waals surface area contributed by atoms with Crippen LogP contribution in [0.15, 0.2) is 312 Å². The fourth-order valence-electron chi connectivity index (χ4n) is 12.8. The molecule has 0 aliphatic heterocycles. The summed E-state index contributed by atoms with van der Waals surface area (Å²) in [5, 5.41) is 31.4. The van der Waals surface area contributed by atoms with Crippen molar-refractivity contribution in [3.63, 3.8) is 0 Å². The monoisotopic (exact) mass is 1160 g/mol. The summed E-state index contributed by atoms with van der Waals surface area (Å²) in [4.78, 5) is 0. The molecule has 0 aromatic heterocycles. The van der Waals surface area contributed by atoms with Crippen molar-refractivity contribution in [3.8, 4) is 66.8 Å². The van der Waals surface area contributed by atoms with Gasteiger partial charge in [-0.05, 0) is 135 Å². The van der Waals surface area contributed by atoms with Gasteiger partial charge < -0.3 is 10.2 Å². The van der Waals surface area contributed by atoms with Gasteiger partial charge in [0.1, 0.15) is 11.2 Å². The van der Waals surface area contributed by atoms with E-state index in [4.69, 9.17) is 0 Å². The first-order chi connectivity index (χ1) is 39.3. The van der Waals surface area contributed by atoms with E-state index in [1.165, 1.54) is 66.1 Å². The van der Waals surface area contributed by atoms with Crippen LogP contribution in [-0.2, 0) is 11.2 Å². The lowest BCUT2D eigenvalue weighted by molar-refractivity contribution is -0.0712. The van der Waals surface area contributed by atoms with Crippen molar-refractivity contribution in [2.45, 2.75) is 11.2 Å². The predicted octanol–water partition coefficient (Wildman–Crippen LogP) is 20.1. The SMILES string of the molecule is Brc1ccc2c(-c3ccccc3-c3ccccc3)c3ccccc3c(-c3ccccc3-c3ccccc3)c2c1.OC1(c2ccccc2-c2ccccc2)c2ccc(Br)cc2C(O)(c2ccccc2-c2ccccc2)C2C=CC=CC21. The Hall–Kier alpha value is -8.48. The molecule has 4 heteroatoms. The van der Waals surface area contributed by atoms with Crippen molar-refractivity contribution in [1.29, 1.82) is 0 Å². The number of halogens is 2. The van der Waals surface area contributed by atoms with Gasteiger partial charge in [-0.1, -0.05) is 311 Å². The number of hydrogen-bond acceptors (Lipinski definition) is 2. The van der Waals surface area contributed by atoms with Crippen molar-refractivity contribution in [2.75, 3.05) is 0 Å². The standard InChI is InChI=1S/C38H29BrO2.C38H25Br/c39-28-23-24-35-36(25-28)38(41,32-20-10-8-18-30(32)27-15-5-2-6-16-27)34-22-12-11-21-33(34)37(35,40)31-19-9-7-17-29(31)26-13-3-1-4-14-26;39-28-23-24-35-36(25-28)38(32-20-10-8-18-30(32)27-15-5-2-6-16-27)34-22-12-11-21-33(34)37(35)31-19-9-7-17-29(31)26-13-3-1-4-14-26/h1-25,33-34,40-41H;1-25H. The van der Waals surface area contributed by atoms with Crippen LogP contribution >= 0.6 is 31.9 Å². The molecule has 80 heavy (non-hydrogen) atoms. The first kappa shape index (κ1) is 51.0. The summed E-state index contributed by atoms with van der Waals surface area (Å²) in [6.45, 7) is 0. The van der Waals surface area contributed by atoms with Gasteiger partial charge in [0.25, 0.3) is 0 Å². The topological polar surface area (TPSA) is 40.5 Å². The molecular formula is C76H54Br2O2. The minimum absolute atomic E-state index is 0.431. The molecule has 4 atom stereocenters. The van der Waals surface area contributed by atoms with Crippen LogP contribution in [0.3, 0.4) is 0 Å². The maximum absolute atomic E-state index is 13.2. The lowest BCUT2D eigenvalue weighted by Gasteiger charge is -2.53.